The maximum absolute atomic E-state index is 11.3. The Balaban J connectivity index is 1.99. The van der Waals surface area contributed by atoms with Crippen LogP contribution in [-0.2, 0) is 11.4 Å². The van der Waals surface area contributed by atoms with E-state index in [-0.39, 0.29) is 12.5 Å². The number of amides is 1. The Kier molecular flexibility index (Phi) is 5.66. The number of aromatic nitrogens is 2. The zero-order chi connectivity index (χ0) is 19.4. The maximum atomic E-state index is 11.3. The molecule has 2 aromatic carbocycles. The van der Waals surface area contributed by atoms with Crippen LogP contribution in [0.2, 0.25) is 0 Å². The first-order chi connectivity index (χ1) is 13.0. The molecule has 0 unspecified atom stereocenters. The van der Waals surface area contributed by atoms with E-state index in [1.807, 2.05) is 30.3 Å². The zero-order valence-corrected chi connectivity index (χ0v) is 15.8. The summed E-state index contributed by atoms with van der Waals surface area (Å²) in [5, 5.41) is 16.7. The lowest BCUT2D eigenvalue weighted by atomic mass is 9.98. The smallest absolute Gasteiger partial charge is 0.223 e. The fourth-order valence-corrected chi connectivity index (χ4v) is 2.86. The third-order valence-electron chi connectivity index (χ3n) is 4.48. The van der Waals surface area contributed by atoms with Gasteiger partial charge < -0.3 is 15.7 Å². The van der Waals surface area contributed by atoms with Crippen molar-refractivity contribution in [3.05, 3.63) is 48.2 Å². The molecule has 140 valence electrons. The number of anilines is 2. The van der Waals surface area contributed by atoms with Crippen LogP contribution in [0.1, 0.15) is 32.8 Å². The molecule has 1 aromatic heterocycles. The van der Waals surface area contributed by atoms with Gasteiger partial charge in [0.05, 0.1) is 12.1 Å². The third-order valence-corrected chi connectivity index (χ3v) is 4.48. The Morgan fingerprint density at radius 3 is 2.74 bits per heavy atom. The van der Waals surface area contributed by atoms with Gasteiger partial charge in [-0.05, 0) is 54.3 Å². The fraction of sp³-hybridized carbons (Fsp3) is 0.286. The molecule has 0 aliphatic carbocycles. The molecule has 0 saturated carbocycles. The number of nitrogens with zero attached hydrogens (tertiary/aromatic N) is 2. The number of fused-ring (bicyclic) bond motifs is 1. The molecule has 0 fully saturated rings. The van der Waals surface area contributed by atoms with Crippen molar-refractivity contribution in [1.29, 1.82) is 0 Å². The van der Waals surface area contributed by atoms with Gasteiger partial charge in [0, 0.05) is 30.2 Å². The summed E-state index contributed by atoms with van der Waals surface area (Å²) in [6.45, 7) is 5.59. The van der Waals surface area contributed by atoms with E-state index >= 15 is 0 Å². The number of aliphatic hydroxyl groups is 1. The molecule has 0 saturated heterocycles. The van der Waals surface area contributed by atoms with Gasteiger partial charge in [0.15, 0.2) is 0 Å². The van der Waals surface area contributed by atoms with E-state index in [0.717, 1.165) is 34.0 Å². The number of aliphatic hydroxyl groups excluding tert-OH is 1. The molecule has 6 nitrogen and oxygen atoms in total. The number of nitrogens with one attached hydrogen (secondary N) is 2. The van der Waals surface area contributed by atoms with Gasteiger partial charge in [-0.1, -0.05) is 19.1 Å². The van der Waals surface area contributed by atoms with E-state index < -0.39 is 0 Å². The van der Waals surface area contributed by atoms with Gasteiger partial charge in [0.25, 0.3) is 0 Å². The van der Waals surface area contributed by atoms with E-state index in [2.05, 4.69) is 34.4 Å². The van der Waals surface area contributed by atoms with Crippen molar-refractivity contribution in [3.8, 4) is 11.1 Å². The number of benzene rings is 2. The minimum absolute atomic E-state index is 0.0814. The summed E-state index contributed by atoms with van der Waals surface area (Å²) >= 11 is 0. The second kappa shape index (κ2) is 8.14. The van der Waals surface area contributed by atoms with Crippen molar-refractivity contribution in [2.75, 3.05) is 10.6 Å². The van der Waals surface area contributed by atoms with E-state index in [0.29, 0.717) is 17.7 Å². The lowest BCUT2D eigenvalue weighted by Gasteiger charge is -2.13. The highest BCUT2D eigenvalue weighted by Gasteiger charge is 2.09. The first-order valence-corrected chi connectivity index (χ1v) is 9.05. The van der Waals surface area contributed by atoms with Gasteiger partial charge in [0.2, 0.25) is 11.9 Å². The molecule has 3 aromatic rings. The fourth-order valence-electron chi connectivity index (χ4n) is 2.86. The SMILES string of the molecule is CC[C@H](C)Nc1ncc2cc(-c3cc(NC(C)=O)ccc3CO)ccc2n1. The number of carbonyl (C=O) groups is 1. The Morgan fingerprint density at radius 1 is 1.22 bits per heavy atom. The van der Waals surface area contributed by atoms with Gasteiger partial charge in [-0.2, -0.15) is 0 Å². The molecule has 3 N–H and O–H groups in total. The van der Waals surface area contributed by atoms with Crippen molar-refractivity contribution in [1.82, 2.24) is 9.97 Å². The van der Waals surface area contributed by atoms with Crippen LogP contribution in [0.3, 0.4) is 0 Å². The topological polar surface area (TPSA) is 87.1 Å². The van der Waals surface area contributed by atoms with Gasteiger partial charge in [-0.25, -0.2) is 9.97 Å². The minimum Gasteiger partial charge on any atom is -0.392 e. The van der Waals surface area contributed by atoms with Crippen LogP contribution in [0.25, 0.3) is 22.0 Å². The van der Waals surface area contributed by atoms with Crippen molar-refractivity contribution >= 4 is 28.4 Å². The van der Waals surface area contributed by atoms with E-state index in [1.165, 1.54) is 6.92 Å². The molecule has 27 heavy (non-hydrogen) atoms. The van der Waals surface area contributed by atoms with Crippen LogP contribution < -0.4 is 10.6 Å². The first-order valence-electron chi connectivity index (χ1n) is 9.05. The number of carbonyl (C=O) groups excluding carboxylic acids is 1. The van der Waals surface area contributed by atoms with Crippen molar-refractivity contribution in [3.63, 3.8) is 0 Å². The average Bonchev–Trinajstić information content (AvgIpc) is 2.67. The molecule has 3 rings (SSSR count). The predicted molar refractivity (Wildman–Crippen MR) is 109 cm³/mol. The van der Waals surface area contributed by atoms with Crippen LogP contribution in [0.5, 0.6) is 0 Å². The Bertz CT molecular complexity index is 972. The van der Waals surface area contributed by atoms with Crippen LogP contribution in [-0.4, -0.2) is 27.0 Å². The molecule has 1 amide bonds. The summed E-state index contributed by atoms with van der Waals surface area (Å²) in [7, 11) is 0. The van der Waals surface area contributed by atoms with Crippen LogP contribution >= 0.6 is 0 Å². The standard InChI is InChI=1S/C21H24N4O2/c1-4-13(2)23-21-22-11-17-9-15(6-8-20(17)25-21)19-10-18(24-14(3)27)7-5-16(19)12-26/h5-11,13,26H,4,12H2,1-3H3,(H,24,27)(H,22,23,25)/t13-/m0/s1. The Labute approximate surface area is 158 Å². The molecule has 0 spiro atoms. The van der Waals surface area contributed by atoms with Crippen molar-refractivity contribution in [2.24, 2.45) is 0 Å². The van der Waals surface area contributed by atoms with E-state index in [4.69, 9.17) is 0 Å². The highest BCUT2D eigenvalue weighted by atomic mass is 16.3. The molecule has 1 atom stereocenters. The molecule has 1 heterocycles. The van der Waals surface area contributed by atoms with Gasteiger partial charge >= 0.3 is 0 Å². The van der Waals surface area contributed by atoms with Crippen molar-refractivity contribution in [2.45, 2.75) is 39.8 Å². The van der Waals surface area contributed by atoms with Crippen LogP contribution in [0.4, 0.5) is 11.6 Å². The van der Waals surface area contributed by atoms with Gasteiger partial charge in [-0.3, -0.25) is 4.79 Å². The maximum Gasteiger partial charge on any atom is 0.223 e. The van der Waals surface area contributed by atoms with Crippen molar-refractivity contribution < 1.29 is 9.90 Å². The quantitative estimate of drug-likeness (QED) is 0.616. The summed E-state index contributed by atoms with van der Waals surface area (Å²) in [6, 6.07) is 11.7. The zero-order valence-electron chi connectivity index (χ0n) is 15.8. The summed E-state index contributed by atoms with van der Waals surface area (Å²) in [4.78, 5) is 20.3. The normalized spacial score (nSPS) is 12.0. The first kappa shape index (κ1) is 18.8. The lowest BCUT2D eigenvalue weighted by Crippen LogP contribution is -2.15. The second-order valence-corrected chi connectivity index (χ2v) is 6.63. The third kappa shape index (κ3) is 4.41. The lowest BCUT2D eigenvalue weighted by molar-refractivity contribution is -0.114. The van der Waals surface area contributed by atoms with E-state index in [9.17, 15) is 9.90 Å². The Hall–Kier alpha value is -2.99. The van der Waals surface area contributed by atoms with Gasteiger partial charge in [-0.15, -0.1) is 0 Å². The second-order valence-electron chi connectivity index (χ2n) is 6.63. The highest BCUT2D eigenvalue weighted by Crippen LogP contribution is 2.29. The van der Waals surface area contributed by atoms with Crippen LogP contribution in [0.15, 0.2) is 42.6 Å². The molecule has 0 radical (unpaired) electrons. The van der Waals surface area contributed by atoms with Crippen LogP contribution in [0, 0.1) is 0 Å². The minimum atomic E-state index is -0.133. The van der Waals surface area contributed by atoms with E-state index in [1.54, 1.807) is 12.3 Å². The highest BCUT2D eigenvalue weighted by molar-refractivity contribution is 5.91. The molecule has 0 aliphatic heterocycles. The number of rotatable bonds is 6. The molecule has 0 bridgehead atoms. The summed E-state index contributed by atoms with van der Waals surface area (Å²) in [5.41, 5.74) is 4.14. The van der Waals surface area contributed by atoms with Gasteiger partial charge in [0.1, 0.15) is 0 Å². The largest absolute Gasteiger partial charge is 0.392 e. The number of hydrogen-bond acceptors (Lipinski definition) is 5. The summed E-state index contributed by atoms with van der Waals surface area (Å²) < 4.78 is 0. The predicted octanol–water partition coefficient (Wildman–Crippen LogP) is 3.96. The Morgan fingerprint density at radius 2 is 2.04 bits per heavy atom. The monoisotopic (exact) mass is 364 g/mol. The number of hydrogen-bond donors (Lipinski definition) is 3. The molecule has 0 aliphatic rings. The summed E-state index contributed by atoms with van der Waals surface area (Å²) in [5.74, 6) is 0.485. The summed E-state index contributed by atoms with van der Waals surface area (Å²) in [6.07, 6.45) is 2.79. The molecular formula is C21H24N4O2. The molecular weight excluding hydrogens is 340 g/mol. The molecule has 6 heteroatoms. The average molecular weight is 364 g/mol.